The lowest BCUT2D eigenvalue weighted by atomic mass is 10.2. The van der Waals surface area contributed by atoms with Crippen LogP contribution >= 0.6 is 0 Å². The van der Waals surface area contributed by atoms with Crippen molar-refractivity contribution in [2.75, 3.05) is 5.73 Å². The Bertz CT molecular complexity index is 463. The predicted molar refractivity (Wildman–Crippen MR) is 44.0 cm³/mol. The fraction of sp³-hybridized carbons (Fsp3) is 0. The van der Waals surface area contributed by atoms with Gasteiger partial charge in [0.2, 0.25) is 17.5 Å². The third-order valence-corrected chi connectivity index (χ3v) is 1.68. The van der Waals surface area contributed by atoms with Crippen molar-refractivity contribution in [1.29, 1.82) is 0 Å². The van der Waals surface area contributed by atoms with Crippen molar-refractivity contribution in [2.24, 2.45) is 0 Å². The highest BCUT2D eigenvalue weighted by Gasteiger charge is 2.36. The van der Waals surface area contributed by atoms with E-state index in [0.29, 0.717) is 0 Å². The van der Waals surface area contributed by atoms with Gasteiger partial charge in [-0.05, 0) is 0 Å². The minimum Gasteiger partial charge on any atom is -0.387 e. The minimum absolute atomic E-state index is 1.37. The molecule has 0 saturated carbocycles. The maximum atomic E-state index is 12.9. The molecule has 10 heteroatoms. The SMILES string of the molecule is Nc1c([N+](=O)[O-])c(F)c(F)c(F)c1[N+](=O)[O-]. The predicted octanol–water partition coefficient (Wildman–Crippen LogP) is 1.50. The molecule has 1 aromatic carbocycles. The fourth-order valence-corrected chi connectivity index (χ4v) is 1.01. The number of nitrogen functional groups attached to an aromatic ring is 1. The number of nitrogens with zero attached hydrogens (tertiary/aromatic N) is 2. The molecule has 16 heavy (non-hydrogen) atoms. The van der Waals surface area contributed by atoms with E-state index >= 15 is 0 Å². The minimum atomic E-state index is -2.31. The molecule has 7 nitrogen and oxygen atoms in total. The highest BCUT2D eigenvalue weighted by Crippen LogP contribution is 2.37. The van der Waals surface area contributed by atoms with E-state index in [4.69, 9.17) is 5.73 Å². The zero-order valence-corrected chi connectivity index (χ0v) is 7.24. The van der Waals surface area contributed by atoms with Gasteiger partial charge >= 0.3 is 11.4 Å². The Kier molecular flexibility index (Phi) is 2.66. The van der Waals surface area contributed by atoms with Crippen LogP contribution in [-0.2, 0) is 0 Å². The second-order valence-electron chi connectivity index (χ2n) is 2.57. The highest BCUT2D eigenvalue weighted by atomic mass is 19.2. The van der Waals surface area contributed by atoms with E-state index in [2.05, 4.69) is 0 Å². The number of benzene rings is 1. The van der Waals surface area contributed by atoms with Crippen molar-refractivity contribution in [2.45, 2.75) is 0 Å². The molecule has 0 saturated heterocycles. The maximum absolute atomic E-state index is 12.9. The molecule has 2 N–H and O–H groups in total. The molecule has 0 aliphatic carbocycles. The van der Waals surface area contributed by atoms with Gasteiger partial charge < -0.3 is 5.73 Å². The topological polar surface area (TPSA) is 112 Å². The van der Waals surface area contributed by atoms with Crippen LogP contribution in [0.5, 0.6) is 0 Å². The van der Waals surface area contributed by atoms with Gasteiger partial charge in [0, 0.05) is 0 Å². The van der Waals surface area contributed by atoms with Gasteiger partial charge in [-0.2, -0.15) is 13.2 Å². The summed E-state index contributed by atoms with van der Waals surface area (Å²) in [7, 11) is 0. The second-order valence-corrected chi connectivity index (χ2v) is 2.57. The van der Waals surface area contributed by atoms with E-state index in [1.165, 1.54) is 0 Å². The Balaban J connectivity index is 3.80. The van der Waals surface area contributed by atoms with Gasteiger partial charge in [0.05, 0.1) is 9.85 Å². The fourth-order valence-electron chi connectivity index (χ4n) is 1.01. The molecule has 0 heterocycles. The van der Waals surface area contributed by atoms with Crippen LogP contribution in [0.4, 0.5) is 30.2 Å². The molecule has 86 valence electrons. The molecule has 0 aliphatic heterocycles. The Morgan fingerprint density at radius 1 is 0.875 bits per heavy atom. The number of anilines is 1. The first-order valence-electron chi connectivity index (χ1n) is 3.53. The second kappa shape index (κ2) is 3.64. The summed E-state index contributed by atoms with van der Waals surface area (Å²) in [5.41, 5.74) is 0.134. The lowest BCUT2D eigenvalue weighted by Gasteiger charge is -2.02. The molecule has 0 aliphatic rings. The first-order valence-corrected chi connectivity index (χ1v) is 3.53. The molecular formula is C6H2F3N3O4. The van der Waals surface area contributed by atoms with E-state index in [1.807, 2.05) is 0 Å². The molecule has 0 amide bonds. The van der Waals surface area contributed by atoms with Crippen LogP contribution in [0.1, 0.15) is 0 Å². The third-order valence-electron chi connectivity index (χ3n) is 1.68. The quantitative estimate of drug-likeness (QED) is 0.362. The molecule has 0 unspecified atom stereocenters. The highest BCUT2D eigenvalue weighted by molar-refractivity contribution is 5.72. The summed E-state index contributed by atoms with van der Waals surface area (Å²) in [6.07, 6.45) is 0. The molecule has 1 aromatic rings. The van der Waals surface area contributed by atoms with Crippen molar-refractivity contribution in [3.8, 4) is 0 Å². The lowest BCUT2D eigenvalue weighted by Crippen LogP contribution is -2.08. The van der Waals surface area contributed by atoms with Crippen LogP contribution < -0.4 is 5.73 Å². The smallest absolute Gasteiger partial charge is 0.337 e. The molecular weight excluding hydrogens is 235 g/mol. The first kappa shape index (κ1) is 11.7. The van der Waals surface area contributed by atoms with Crippen molar-refractivity contribution < 1.29 is 23.0 Å². The zero-order chi connectivity index (χ0) is 12.6. The molecule has 0 aromatic heterocycles. The van der Waals surface area contributed by atoms with Gasteiger partial charge in [-0.1, -0.05) is 0 Å². The van der Waals surface area contributed by atoms with Crippen LogP contribution in [-0.4, -0.2) is 9.85 Å². The van der Waals surface area contributed by atoms with Gasteiger partial charge in [-0.3, -0.25) is 20.2 Å². The molecule has 0 atom stereocenters. The summed E-state index contributed by atoms with van der Waals surface area (Å²) in [5.74, 6) is -6.66. The van der Waals surface area contributed by atoms with Crippen molar-refractivity contribution in [3.05, 3.63) is 37.7 Å². The van der Waals surface area contributed by atoms with Gasteiger partial charge in [0.1, 0.15) is 0 Å². The van der Waals surface area contributed by atoms with Crippen molar-refractivity contribution in [1.82, 2.24) is 0 Å². The Morgan fingerprint density at radius 2 is 1.19 bits per heavy atom. The first-order chi connectivity index (χ1) is 7.29. The summed E-state index contributed by atoms with van der Waals surface area (Å²) in [5, 5.41) is 20.5. The number of nitro benzene ring substituents is 2. The lowest BCUT2D eigenvalue weighted by molar-refractivity contribution is -0.395. The number of hydrogen-bond donors (Lipinski definition) is 1. The number of nitrogens with two attached hydrogens (primary N) is 1. The van der Waals surface area contributed by atoms with Gasteiger partial charge in [0.25, 0.3) is 0 Å². The van der Waals surface area contributed by atoms with E-state index in [9.17, 15) is 33.4 Å². The third kappa shape index (κ3) is 1.49. The normalized spacial score (nSPS) is 10.2. The van der Waals surface area contributed by atoms with E-state index < -0.39 is 44.4 Å². The van der Waals surface area contributed by atoms with Gasteiger partial charge in [-0.25, -0.2) is 0 Å². The maximum Gasteiger partial charge on any atom is 0.337 e. The molecule has 1 rings (SSSR count). The van der Waals surface area contributed by atoms with Gasteiger partial charge in [-0.15, -0.1) is 0 Å². The summed E-state index contributed by atoms with van der Waals surface area (Å²) < 4.78 is 38.5. The van der Waals surface area contributed by atoms with E-state index in [1.54, 1.807) is 0 Å². The van der Waals surface area contributed by atoms with Crippen LogP contribution in [0, 0.1) is 37.7 Å². The van der Waals surface area contributed by atoms with E-state index in [-0.39, 0.29) is 0 Å². The number of hydrogen-bond acceptors (Lipinski definition) is 5. The largest absolute Gasteiger partial charge is 0.387 e. The molecule has 0 spiro atoms. The Hall–Kier alpha value is -2.39. The van der Waals surface area contributed by atoms with E-state index in [0.717, 1.165) is 0 Å². The number of rotatable bonds is 2. The monoisotopic (exact) mass is 237 g/mol. The summed E-state index contributed by atoms with van der Waals surface area (Å²) in [4.78, 5) is 17.6. The number of halogens is 3. The van der Waals surface area contributed by atoms with Crippen LogP contribution in [0.2, 0.25) is 0 Å². The van der Waals surface area contributed by atoms with Crippen LogP contribution in [0.25, 0.3) is 0 Å². The molecule has 0 bridgehead atoms. The molecule has 0 fully saturated rings. The zero-order valence-electron chi connectivity index (χ0n) is 7.24. The molecule has 0 radical (unpaired) electrons. The Labute approximate surface area is 84.6 Å². The summed E-state index contributed by atoms with van der Waals surface area (Å²) >= 11 is 0. The average molecular weight is 237 g/mol. The summed E-state index contributed by atoms with van der Waals surface area (Å²) in [6.45, 7) is 0. The standard InChI is InChI=1S/C6H2F3N3O4/c7-1-2(8)5(11(13)14)4(10)6(3(1)9)12(15)16/h10H2. The Morgan fingerprint density at radius 3 is 1.44 bits per heavy atom. The van der Waals surface area contributed by atoms with Crippen molar-refractivity contribution in [3.63, 3.8) is 0 Å². The number of nitro groups is 2. The van der Waals surface area contributed by atoms with Gasteiger partial charge in [0.15, 0.2) is 5.69 Å². The summed E-state index contributed by atoms with van der Waals surface area (Å²) in [6, 6.07) is 0. The van der Waals surface area contributed by atoms with Crippen molar-refractivity contribution >= 4 is 17.1 Å². The van der Waals surface area contributed by atoms with Crippen LogP contribution in [0.15, 0.2) is 0 Å². The van der Waals surface area contributed by atoms with Crippen LogP contribution in [0.3, 0.4) is 0 Å². The average Bonchev–Trinajstić information content (AvgIpc) is 2.13.